The summed E-state index contributed by atoms with van der Waals surface area (Å²) in [5, 5.41) is 11.2. The maximum atomic E-state index is 8.09. The maximum Gasteiger partial charge on any atom is 0.0219 e. The molecule has 50 valence electrons. The summed E-state index contributed by atoms with van der Waals surface area (Å²) in [6.45, 7) is 4.72. The molecular formula is C5H14N2O. The molecule has 0 saturated carbocycles. The van der Waals surface area contributed by atoms with E-state index in [9.17, 15) is 0 Å². The van der Waals surface area contributed by atoms with Gasteiger partial charge in [0.1, 0.15) is 0 Å². The van der Waals surface area contributed by atoms with Gasteiger partial charge in [0.25, 0.3) is 0 Å². The van der Waals surface area contributed by atoms with Crippen molar-refractivity contribution < 1.29 is 5.21 Å². The average molecular weight is 118 g/mol. The van der Waals surface area contributed by atoms with Crippen LogP contribution in [0.1, 0.15) is 13.3 Å². The topological polar surface area (TPSA) is 44.3 Å². The van der Waals surface area contributed by atoms with Crippen LogP contribution in [0.15, 0.2) is 0 Å². The quantitative estimate of drug-likeness (QED) is 0.351. The van der Waals surface area contributed by atoms with Crippen molar-refractivity contribution in [2.75, 3.05) is 19.6 Å². The Morgan fingerprint density at radius 2 is 2.12 bits per heavy atom. The highest BCUT2D eigenvalue weighted by atomic mass is 16.5. The zero-order chi connectivity index (χ0) is 6.24. The highest BCUT2D eigenvalue weighted by molar-refractivity contribution is 4.43. The van der Waals surface area contributed by atoms with Crippen LogP contribution >= 0.6 is 0 Å². The molecule has 0 aliphatic rings. The Morgan fingerprint density at radius 3 is 2.62 bits per heavy atom. The predicted octanol–water partition coefficient (Wildman–Crippen LogP) is -0.0352. The lowest BCUT2D eigenvalue weighted by Crippen LogP contribution is -2.19. The Hall–Kier alpha value is -0.120. The third-order valence-electron chi connectivity index (χ3n) is 0.892. The molecule has 0 aliphatic heterocycles. The fourth-order valence-electron chi connectivity index (χ4n) is 0.469. The van der Waals surface area contributed by atoms with Crippen LogP contribution in [0.3, 0.4) is 0 Å². The smallest absolute Gasteiger partial charge is 0.0219 e. The Balaban J connectivity index is 2.53. The summed E-state index contributed by atoms with van der Waals surface area (Å²) in [5.74, 6) is 0. The summed E-state index contributed by atoms with van der Waals surface area (Å²) < 4.78 is 0. The zero-order valence-electron chi connectivity index (χ0n) is 5.28. The van der Waals surface area contributed by atoms with Gasteiger partial charge in [-0.25, -0.2) is 5.48 Å². The Morgan fingerprint density at radius 1 is 1.38 bits per heavy atom. The van der Waals surface area contributed by atoms with Crippen molar-refractivity contribution in [3.8, 4) is 0 Å². The molecule has 0 atom stereocenters. The maximum absolute atomic E-state index is 8.09. The van der Waals surface area contributed by atoms with E-state index in [1.165, 1.54) is 0 Å². The molecule has 0 amide bonds. The number of hydrogen-bond acceptors (Lipinski definition) is 3. The van der Waals surface area contributed by atoms with Crippen molar-refractivity contribution in [2.24, 2.45) is 0 Å². The minimum Gasteiger partial charge on any atom is -0.317 e. The molecule has 0 aromatic heterocycles. The first-order valence-electron chi connectivity index (χ1n) is 2.99. The molecule has 0 saturated heterocycles. The van der Waals surface area contributed by atoms with Crippen molar-refractivity contribution >= 4 is 0 Å². The summed E-state index contributed by atoms with van der Waals surface area (Å²) in [5.41, 5.74) is 2.09. The van der Waals surface area contributed by atoms with E-state index in [0.717, 1.165) is 19.5 Å². The Labute approximate surface area is 50.0 Å². The van der Waals surface area contributed by atoms with Crippen LogP contribution in [-0.4, -0.2) is 24.8 Å². The van der Waals surface area contributed by atoms with Gasteiger partial charge in [-0.1, -0.05) is 6.92 Å². The zero-order valence-corrected chi connectivity index (χ0v) is 5.28. The monoisotopic (exact) mass is 118 g/mol. The molecule has 0 rings (SSSR count). The normalized spacial score (nSPS) is 9.75. The van der Waals surface area contributed by atoms with E-state index in [2.05, 4.69) is 17.7 Å². The standard InChI is InChI=1S/C5H14N2O/c1-2-6-4-3-5-7-8/h6-8H,2-5H2,1H3. The molecule has 0 spiro atoms. The van der Waals surface area contributed by atoms with Gasteiger partial charge in [-0.2, -0.15) is 0 Å². The molecule has 3 nitrogen and oxygen atoms in total. The van der Waals surface area contributed by atoms with Crippen molar-refractivity contribution in [1.29, 1.82) is 0 Å². The summed E-state index contributed by atoms with van der Waals surface area (Å²) in [6, 6.07) is 0. The van der Waals surface area contributed by atoms with E-state index < -0.39 is 0 Å². The van der Waals surface area contributed by atoms with E-state index in [-0.39, 0.29) is 0 Å². The summed E-state index contributed by atoms with van der Waals surface area (Å²) in [7, 11) is 0. The number of hydrogen-bond donors (Lipinski definition) is 3. The van der Waals surface area contributed by atoms with Crippen LogP contribution in [0.25, 0.3) is 0 Å². The van der Waals surface area contributed by atoms with Gasteiger partial charge in [0, 0.05) is 6.54 Å². The first-order valence-corrected chi connectivity index (χ1v) is 2.99. The van der Waals surface area contributed by atoms with Crippen LogP contribution in [0.2, 0.25) is 0 Å². The van der Waals surface area contributed by atoms with E-state index in [1.54, 1.807) is 0 Å². The molecule has 3 heteroatoms. The van der Waals surface area contributed by atoms with Gasteiger partial charge in [0.05, 0.1) is 0 Å². The lowest BCUT2D eigenvalue weighted by molar-refractivity contribution is 0.165. The molecule has 3 N–H and O–H groups in total. The van der Waals surface area contributed by atoms with Gasteiger partial charge < -0.3 is 10.5 Å². The van der Waals surface area contributed by atoms with Gasteiger partial charge in [-0.3, -0.25) is 0 Å². The van der Waals surface area contributed by atoms with Crippen LogP contribution in [0, 0.1) is 0 Å². The van der Waals surface area contributed by atoms with Crippen molar-refractivity contribution in [3.05, 3.63) is 0 Å². The molecule has 0 heterocycles. The second kappa shape index (κ2) is 6.88. The SMILES string of the molecule is CCNCCCNO. The van der Waals surface area contributed by atoms with E-state index in [1.807, 2.05) is 0 Å². The van der Waals surface area contributed by atoms with Crippen molar-refractivity contribution in [3.63, 3.8) is 0 Å². The van der Waals surface area contributed by atoms with Crippen LogP contribution in [-0.2, 0) is 0 Å². The third kappa shape index (κ3) is 5.88. The van der Waals surface area contributed by atoms with Gasteiger partial charge >= 0.3 is 0 Å². The third-order valence-corrected chi connectivity index (χ3v) is 0.892. The molecule has 8 heavy (non-hydrogen) atoms. The lowest BCUT2D eigenvalue weighted by atomic mass is 10.4. The van der Waals surface area contributed by atoms with Crippen LogP contribution < -0.4 is 10.8 Å². The highest BCUT2D eigenvalue weighted by Gasteiger charge is 1.81. The van der Waals surface area contributed by atoms with E-state index >= 15 is 0 Å². The lowest BCUT2D eigenvalue weighted by Gasteiger charge is -1.97. The number of nitrogens with one attached hydrogen (secondary N) is 2. The van der Waals surface area contributed by atoms with Crippen LogP contribution in [0.4, 0.5) is 0 Å². The minimum absolute atomic E-state index is 0.674. The minimum atomic E-state index is 0.674. The molecular weight excluding hydrogens is 104 g/mol. The summed E-state index contributed by atoms with van der Waals surface area (Å²) in [4.78, 5) is 0. The second-order valence-corrected chi connectivity index (χ2v) is 1.62. The Kier molecular flexibility index (Phi) is 6.78. The molecule has 0 aromatic rings. The fourth-order valence-corrected chi connectivity index (χ4v) is 0.469. The first kappa shape index (κ1) is 7.88. The van der Waals surface area contributed by atoms with Crippen molar-refractivity contribution in [1.82, 2.24) is 10.8 Å². The Bertz CT molecular complexity index is 35.4. The average Bonchev–Trinajstić information content (AvgIpc) is 1.81. The highest BCUT2D eigenvalue weighted by Crippen LogP contribution is 1.68. The van der Waals surface area contributed by atoms with E-state index in [4.69, 9.17) is 5.21 Å². The second-order valence-electron chi connectivity index (χ2n) is 1.62. The molecule has 0 fully saturated rings. The summed E-state index contributed by atoms with van der Waals surface area (Å²) >= 11 is 0. The number of rotatable bonds is 5. The molecule has 0 aromatic carbocycles. The summed E-state index contributed by atoms with van der Waals surface area (Å²) in [6.07, 6.45) is 0.977. The number of hydroxylamine groups is 1. The van der Waals surface area contributed by atoms with Crippen LogP contribution in [0.5, 0.6) is 0 Å². The van der Waals surface area contributed by atoms with Gasteiger partial charge in [0.15, 0.2) is 0 Å². The van der Waals surface area contributed by atoms with Gasteiger partial charge in [0.2, 0.25) is 0 Å². The predicted molar refractivity (Wildman–Crippen MR) is 32.9 cm³/mol. The largest absolute Gasteiger partial charge is 0.317 e. The fraction of sp³-hybridized carbons (Fsp3) is 1.00. The van der Waals surface area contributed by atoms with Gasteiger partial charge in [-0.15, -0.1) is 0 Å². The van der Waals surface area contributed by atoms with Crippen molar-refractivity contribution in [2.45, 2.75) is 13.3 Å². The first-order chi connectivity index (χ1) is 3.91. The molecule has 0 aliphatic carbocycles. The van der Waals surface area contributed by atoms with Gasteiger partial charge in [-0.05, 0) is 19.5 Å². The van der Waals surface area contributed by atoms with E-state index in [0.29, 0.717) is 6.54 Å². The molecule has 0 radical (unpaired) electrons. The molecule has 0 bridgehead atoms. The molecule has 0 unspecified atom stereocenters.